The van der Waals surface area contributed by atoms with E-state index < -0.39 is 6.17 Å². The van der Waals surface area contributed by atoms with Crippen LogP contribution in [0.1, 0.15) is 78.6 Å². The summed E-state index contributed by atoms with van der Waals surface area (Å²) in [5.74, 6) is 0.0755. The van der Waals surface area contributed by atoms with E-state index in [1.165, 1.54) is 7.11 Å². The second-order valence-corrected chi connectivity index (χ2v) is 10.6. The molecule has 0 bridgehead atoms. The SMILES string of the molecule is COC(=O)C1CCCC(C(=O)N/C(=N/C2CC(C3CCC(F)CC3)NN2)NC(C)(C)C)C1. The summed E-state index contributed by atoms with van der Waals surface area (Å²) in [6, 6.07) is 0.252. The first-order valence-electron chi connectivity index (χ1n) is 12.0. The van der Waals surface area contributed by atoms with Crippen molar-refractivity contribution in [2.75, 3.05) is 7.11 Å². The number of halogens is 1. The lowest BCUT2D eigenvalue weighted by Crippen LogP contribution is -2.52. The first-order chi connectivity index (χ1) is 15.1. The number of guanidine groups is 1. The van der Waals surface area contributed by atoms with Crippen molar-refractivity contribution in [1.29, 1.82) is 0 Å². The summed E-state index contributed by atoms with van der Waals surface area (Å²) in [6.45, 7) is 6.04. The Hall–Kier alpha value is -1.74. The van der Waals surface area contributed by atoms with Crippen molar-refractivity contribution >= 4 is 17.8 Å². The Morgan fingerprint density at radius 3 is 2.34 bits per heavy atom. The van der Waals surface area contributed by atoms with E-state index in [0.29, 0.717) is 31.1 Å². The average molecular weight is 454 g/mol. The van der Waals surface area contributed by atoms with E-state index in [2.05, 4.69) is 21.5 Å². The van der Waals surface area contributed by atoms with Gasteiger partial charge in [0.1, 0.15) is 12.3 Å². The van der Waals surface area contributed by atoms with E-state index in [0.717, 1.165) is 38.5 Å². The number of nitrogens with one attached hydrogen (secondary N) is 4. The lowest BCUT2D eigenvalue weighted by Gasteiger charge is -2.29. The molecule has 0 aromatic heterocycles. The van der Waals surface area contributed by atoms with Gasteiger partial charge in [-0.15, -0.1) is 0 Å². The van der Waals surface area contributed by atoms with Gasteiger partial charge in [-0.3, -0.25) is 20.3 Å². The Morgan fingerprint density at radius 1 is 1.00 bits per heavy atom. The first-order valence-corrected chi connectivity index (χ1v) is 12.0. The summed E-state index contributed by atoms with van der Waals surface area (Å²) in [6.07, 6.45) is 5.86. The topological polar surface area (TPSA) is 104 Å². The molecule has 3 rings (SSSR count). The van der Waals surface area contributed by atoms with E-state index in [-0.39, 0.29) is 41.5 Å². The molecular weight excluding hydrogens is 413 g/mol. The number of methoxy groups -OCH3 is 1. The Balaban J connectivity index is 1.61. The van der Waals surface area contributed by atoms with E-state index in [4.69, 9.17) is 9.73 Å². The zero-order valence-electron chi connectivity index (χ0n) is 19.9. The van der Waals surface area contributed by atoms with Crippen molar-refractivity contribution in [3.8, 4) is 0 Å². The fraction of sp³-hybridized carbons (Fsp3) is 0.870. The number of hydrazine groups is 1. The molecule has 0 spiro atoms. The van der Waals surface area contributed by atoms with Crippen LogP contribution in [0.25, 0.3) is 0 Å². The summed E-state index contributed by atoms with van der Waals surface area (Å²) in [5.41, 5.74) is 6.28. The third kappa shape index (κ3) is 7.13. The number of hydrogen-bond acceptors (Lipinski definition) is 6. The quantitative estimate of drug-likeness (QED) is 0.296. The maximum absolute atomic E-state index is 13.5. The van der Waals surface area contributed by atoms with E-state index in [1.54, 1.807) is 0 Å². The van der Waals surface area contributed by atoms with Gasteiger partial charge >= 0.3 is 5.97 Å². The summed E-state index contributed by atoms with van der Waals surface area (Å²) >= 11 is 0. The number of alkyl halides is 1. The van der Waals surface area contributed by atoms with Crippen LogP contribution in [0.15, 0.2) is 4.99 Å². The molecule has 0 aromatic rings. The summed E-state index contributed by atoms with van der Waals surface area (Å²) in [4.78, 5) is 29.7. The number of amides is 1. The zero-order chi connectivity index (χ0) is 23.3. The van der Waals surface area contributed by atoms with Crippen LogP contribution in [0.5, 0.6) is 0 Å². The third-order valence-electron chi connectivity index (χ3n) is 6.78. The molecule has 1 aliphatic heterocycles. The van der Waals surface area contributed by atoms with Crippen molar-refractivity contribution in [3.63, 3.8) is 0 Å². The Bertz CT molecular complexity index is 688. The minimum Gasteiger partial charge on any atom is -0.469 e. The van der Waals surface area contributed by atoms with Gasteiger partial charge in [-0.25, -0.2) is 14.8 Å². The molecule has 182 valence electrons. The lowest BCUT2D eigenvalue weighted by molar-refractivity contribution is -0.147. The lowest BCUT2D eigenvalue weighted by atomic mass is 9.81. The van der Waals surface area contributed by atoms with Gasteiger partial charge in [-0.05, 0) is 71.6 Å². The summed E-state index contributed by atoms with van der Waals surface area (Å²) < 4.78 is 18.4. The van der Waals surface area contributed by atoms with Crippen LogP contribution in [0.3, 0.4) is 0 Å². The number of rotatable bonds is 4. The second kappa shape index (κ2) is 10.9. The Labute approximate surface area is 190 Å². The van der Waals surface area contributed by atoms with Crippen molar-refractivity contribution in [1.82, 2.24) is 21.5 Å². The molecule has 1 saturated heterocycles. The van der Waals surface area contributed by atoms with Gasteiger partial charge in [0.15, 0.2) is 5.96 Å². The van der Waals surface area contributed by atoms with Gasteiger partial charge in [0.25, 0.3) is 0 Å². The van der Waals surface area contributed by atoms with Crippen LogP contribution in [-0.4, -0.2) is 48.9 Å². The average Bonchev–Trinajstić information content (AvgIpc) is 3.20. The van der Waals surface area contributed by atoms with E-state index in [9.17, 15) is 14.0 Å². The van der Waals surface area contributed by atoms with Gasteiger partial charge in [0.05, 0.1) is 13.0 Å². The zero-order valence-corrected chi connectivity index (χ0v) is 19.9. The smallest absolute Gasteiger partial charge is 0.308 e. The molecule has 2 aliphatic carbocycles. The molecular formula is C23H40FN5O3. The van der Waals surface area contributed by atoms with Crippen molar-refractivity contribution in [2.24, 2.45) is 22.7 Å². The van der Waals surface area contributed by atoms with Crippen LogP contribution >= 0.6 is 0 Å². The van der Waals surface area contributed by atoms with Crippen LogP contribution < -0.4 is 21.5 Å². The molecule has 0 aromatic carbocycles. The summed E-state index contributed by atoms with van der Waals surface area (Å²) in [5, 5.41) is 6.29. The van der Waals surface area contributed by atoms with Gasteiger partial charge in [-0.1, -0.05) is 6.42 Å². The number of nitrogens with zero attached hydrogens (tertiary/aromatic N) is 1. The molecule has 4 atom stereocenters. The Kier molecular flexibility index (Phi) is 8.49. The monoisotopic (exact) mass is 453 g/mol. The minimum atomic E-state index is -0.661. The molecule has 3 fully saturated rings. The summed E-state index contributed by atoms with van der Waals surface area (Å²) in [7, 11) is 1.39. The predicted octanol–water partition coefficient (Wildman–Crippen LogP) is 2.55. The highest BCUT2D eigenvalue weighted by Crippen LogP contribution is 2.32. The van der Waals surface area contributed by atoms with Gasteiger partial charge in [0, 0.05) is 23.9 Å². The fourth-order valence-electron chi connectivity index (χ4n) is 5.07. The third-order valence-corrected chi connectivity index (χ3v) is 6.78. The second-order valence-electron chi connectivity index (χ2n) is 10.6. The molecule has 3 aliphatic rings. The number of aliphatic imine (C=N–C) groups is 1. The molecule has 1 amide bonds. The molecule has 8 nitrogen and oxygen atoms in total. The molecule has 4 unspecified atom stereocenters. The number of ether oxygens (including phenoxy) is 1. The maximum atomic E-state index is 13.5. The molecule has 4 N–H and O–H groups in total. The maximum Gasteiger partial charge on any atom is 0.308 e. The van der Waals surface area contributed by atoms with E-state index in [1.807, 2.05) is 20.8 Å². The van der Waals surface area contributed by atoms with Crippen LogP contribution in [0.4, 0.5) is 4.39 Å². The van der Waals surface area contributed by atoms with Crippen LogP contribution in [0, 0.1) is 17.8 Å². The fourth-order valence-corrected chi connectivity index (χ4v) is 5.07. The van der Waals surface area contributed by atoms with Crippen molar-refractivity contribution in [3.05, 3.63) is 0 Å². The number of carbonyl (C=O) groups is 2. The highest BCUT2D eigenvalue weighted by molar-refractivity contribution is 5.98. The highest BCUT2D eigenvalue weighted by Gasteiger charge is 2.35. The number of hydrogen-bond donors (Lipinski definition) is 4. The van der Waals surface area contributed by atoms with Crippen LogP contribution in [-0.2, 0) is 14.3 Å². The molecule has 1 heterocycles. The highest BCUT2D eigenvalue weighted by atomic mass is 19.1. The molecule has 0 radical (unpaired) electrons. The standard InChI is InChI=1S/C23H40FN5O3/c1-23(2,3)27-22(26-20(30)15-6-5-7-16(12-15)21(31)32-4)25-19-13-18(28-29-19)14-8-10-17(24)11-9-14/h14-19,28-29H,5-13H2,1-4H3,(H2,25,26,27,30). The van der Waals surface area contributed by atoms with Gasteiger partial charge < -0.3 is 10.1 Å². The van der Waals surface area contributed by atoms with E-state index >= 15 is 0 Å². The predicted molar refractivity (Wildman–Crippen MR) is 121 cm³/mol. The largest absolute Gasteiger partial charge is 0.469 e. The Morgan fingerprint density at radius 2 is 1.69 bits per heavy atom. The molecule has 2 saturated carbocycles. The van der Waals surface area contributed by atoms with Crippen molar-refractivity contribution < 1.29 is 18.7 Å². The molecule has 32 heavy (non-hydrogen) atoms. The number of esters is 1. The normalized spacial score (nSPS) is 34.1. The first kappa shape index (κ1) is 24.9. The van der Waals surface area contributed by atoms with Gasteiger partial charge in [0.2, 0.25) is 5.91 Å². The minimum absolute atomic E-state index is 0.113. The number of carbonyl (C=O) groups excluding carboxylic acids is 2. The molecule has 9 heteroatoms. The van der Waals surface area contributed by atoms with Crippen molar-refractivity contribution in [2.45, 2.75) is 102 Å². The van der Waals surface area contributed by atoms with Crippen LogP contribution in [0.2, 0.25) is 0 Å². The van der Waals surface area contributed by atoms with Gasteiger partial charge in [-0.2, -0.15) is 0 Å².